The molecule has 1 aromatic carbocycles. The molecule has 4 atom stereocenters. The lowest BCUT2D eigenvalue weighted by atomic mass is 9.97. The summed E-state index contributed by atoms with van der Waals surface area (Å²) in [5, 5.41) is 12.9. The maximum Gasteiger partial charge on any atom is 0.275 e. The van der Waals surface area contributed by atoms with Crippen molar-refractivity contribution in [3.63, 3.8) is 0 Å². The molecule has 4 rings (SSSR count). The van der Waals surface area contributed by atoms with Crippen LogP contribution in [0.25, 0.3) is 11.0 Å². The van der Waals surface area contributed by atoms with Gasteiger partial charge in [-0.15, -0.1) is 0 Å². The topological polar surface area (TPSA) is 111 Å². The zero-order valence-corrected chi connectivity index (χ0v) is 32.8. The number of fused-ring (bicyclic) bond motifs is 1. The third-order valence-electron chi connectivity index (χ3n) is 10.3. The van der Waals surface area contributed by atoms with E-state index < -0.39 is 22.7 Å². The molecular formula is C34H53ClN4O6Si2. The Morgan fingerprint density at radius 1 is 1.06 bits per heavy atom. The molecule has 0 amide bonds. The van der Waals surface area contributed by atoms with Crippen LogP contribution in [0.15, 0.2) is 36.8 Å². The van der Waals surface area contributed by atoms with E-state index >= 15 is 0 Å². The standard InChI is InChI=1S/C34H53ClN4O6Si2/c1-22(2)30(24-15-13-14-16-25(24)39(40)41)42-19-23-18-38(32-29(23)31(35)36-21-37-32)28-17-26(45-47(11,12)34(6,7)8)27(44-28)20-43-46(9,10)33(3,4)5/h13-16,18,21-22,26-28,30H,17,19-20H2,1-12H3/t26-,27-,28-,30?/m1/s1. The van der Waals surface area contributed by atoms with Gasteiger partial charge in [0, 0.05) is 24.2 Å². The van der Waals surface area contributed by atoms with Crippen molar-refractivity contribution in [1.29, 1.82) is 0 Å². The van der Waals surface area contributed by atoms with Crippen molar-refractivity contribution in [3.8, 4) is 0 Å². The normalized spacial score (nSPS) is 20.3. The Kier molecular flexibility index (Phi) is 11.2. The summed E-state index contributed by atoms with van der Waals surface area (Å²) in [5.41, 5.74) is 1.99. The minimum Gasteiger partial charge on any atom is -0.414 e. The number of nitro groups is 1. The van der Waals surface area contributed by atoms with E-state index in [1.54, 1.807) is 18.2 Å². The van der Waals surface area contributed by atoms with Crippen molar-refractivity contribution in [1.82, 2.24) is 14.5 Å². The van der Waals surface area contributed by atoms with Gasteiger partial charge in [-0.2, -0.15) is 0 Å². The summed E-state index contributed by atoms with van der Waals surface area (Å²) < 4.78 is 28.9. The highest BCUT2D eigenvalue weighted by molar-refractivity contribution is 6.74. The lowest BCUT2D eigenvalue weighted by molar-refractivity contribution is -0.386. The molecule has 2 aromatic heterocycles. The van der Waals surface area contributed by atoms with Gasteiger partial charge in [0.15, 0.2) is 16.6 Å². The largest absolute Gasteiger partial charge is 0.414 e. The molecule has 260 valence electrons. The number of aromatic nitrogens is 3. The smallest absolute Gasteiger partial charge is 0.275 e. The Bertz CT molecular complexity index is 1570. The van der Waals surface area contributed by atoms with Crippen LogP contribution >= 0.6 is 11.6 Å². The minimum absolute atomic E-state index is 0.0239. The van der Waals surface area contributed by atoms with Gasteiger partial charge in [-0.1, -0.05) is 79.1 Å². The molecule has 3 aromatic rings. The molecule has 3 heterocycles. The fourth-order valence-corrected chi connectivity index (χ4v) is 7.99. The van der Waals surface area contributed by atoms with Crippen molar-refractivity contribution in [2.45, 2.75) is 129 Å². The Morgan fingerprint density at radius 3 is 2.30 bits per heavy atom. The molecule has 0 saturated carbocycles. The van der Waals surface area contributed by atoms with Gasteiger partial charge in [-0.25, -0.2) is 9.97 Å². The van der Waals surface area contributed by atoms with Crippen LogP contribution in [-0.4, -0.2) is 54.9 Å². The summed E-state index contributed by atoms with van der Waals surface area (Å²) in [6.07, 6.45) is 2.72. The molecule has 1 aliphatic rings. The van der Waals surface area contributed by atoms with Crippen LogP contribution in [-0.2, 0) is 24.9 Å². The van der Waals surface area contributed by atoms with E-state index in [2.05, 4.69) is 77.7 Å². The molecular weight excluding hydrogens is 652 g/mol. The summed E-state index contributed by atoms with van der Waals surface area (Å²) in [5.74, 6) is -0.0239. The summed E-state index contributed by atoms with van der Waals surface area (Å²) >= 11 is 6.70. The van der Waals surface area contributed by atoms with Gasteiger partial charge in [-0.05, 0) is 48.2 Å². The summed E-state index contributed by atoms with van der Waals surface area (Å²) in [6, 6.07) is 6.72. The molecule has 0 bridgehead atoms. The van der Waals surface area contributed by atoms with Gasteiger partial charge < -0.3 is 22.9 Å². The molecule has 0 spiro atoms. The van der Waals surface area contributed by atoms with Gasteiger partial charge in [0.1, 0.15) is 29.5 Å². The Balaban J connectivity index is 1.68. The predicted molar refractivity (Wildman–Crippen MR) is 192 cm³/mol. The summed E-state index contributed by atoms with van der Waals surface area (Å²) in [6.45, 7) is 27.0. The van der Waals surface area contributed by atoms with Crippen LogP contribution in [0.2, 0.25) is 41.4 Å². The molecule has 1 saturated heterocycles. The first kappa shape index (κ1) is 37.6. The van der Waals surface area contributed by atoms with Crippen molar-refractivity contribution in [3.05, 3.63) is 63.2 Å². The van der Waals surface area contributed by atoms with E-state index in [0.29, 0.717) is 34.8 Å². The first-order valence-electron chi connectivity index (χ1n) is 16.5. The van der Waals surface area contributed by atoms with E-state index in [9.17, 15) is 10.1 Å². The molecule has 1 fully saturated rings. The van der Waals surface area contributed by atoms with Crippen molar-refractivity contribution in [2.75, 3.05) is 6.61 Å². The highest BCUT2D eigenvalue weighted by Crippen LogP contribution is 2.44. The molecule has 0 N–H and O–H groups in total. The minimum atomic E-state index is -2.14. The second-order valence-electron chi connectivity index (χ2n) is 16.1. The number of hydrogen-bond acceptors (Lipinski definition) is 8. The molecule has 10 nitrogen and oxygen atoms in total. The van der Waals surface area contributed by atoms with Crippen LogP contribution < -0.4 is 0 Å². The van der Waals surface area contributed by atoms with Crippen LogP contribution in [0, 0.1) is 16.0 Å². The quantitative estimate of drug-likeness (QED) is 0.0793. The number of rotatable bonds is 12. The second kappa shape index (κ2) is 14.0. The van der Waals surface area contributed by atoms with Crippen LogP contribution in [0.1, 0.15) is 85.3 Å². The zero-order valence-electron chi connectivity index (χ0n) is 30.1. The van der Waals surface area contributed by atoms with Gasteiger partial charge in [0.25, 0.3) is 5.69 Å². The number of benzene rings is 1. The predicted octanol–water partition coefficient (Wildman–Crippen LogP) is 9.61. The van der Waals surface area contributed by atoms with Gasteiger partial charge >= 0.3 is 0 Å². The maximum atomic E-state index is 11.8. The third-order valence-corrected chi connectivity index (χ3v) is 19.6. The number of hydrogen-bond donors (Lipinski definition) is 0. The molecule has 1 aliphatic heterocycles. The van der Waals surface area contributed by atoms with E-state index in [4.69, 9.17) is 29.9 Å². The maximum absolute atomic E-state index is 11.8. The first-order valence-corrected chi connectivity index (χ1v) is 22.7. The zero-order chi connectivity index (χ0) is 35.1. The van der Waals surface area contributed by atoms with Gasteiger partial charge in [0.2, 0.25) is 0 Å². The lowest BCUT2D eigenvalue weighted by Crippen LogP contribution is -2.48. The average Bonchev–Trinajstić information content (AvgIpc) is 3.52. The lowest BCUT2D eigenvalue weighted by Gasteiger charge is -2.40. The number of nitrogens with zero attached hydrogens (tertiary/aromatic N) is 4. The van der Waals surface area contributed by atoms with E-state index in [0.717, 1.165) is 5.56 Å². The van der Waals surface area contributed by atoms with Crippen molar-refractivity contribution in [2.24, 2.45) is 5.92 Å². The van der Waals surface area contributed by atoms with E-state index in [1.165, 1.54) is 12.4 Å². The average molecular weight is 705 g/mol. The Hall–Kier alpha value is -2.20. The van der Waals surface area contributed by atoms with Gasteiger partial charge in [0.05, 0.1) is 41.3 Å². The number of para-hydroxylation sites is 1. The van der Waals surface area contributed by atoms with Crippen LogP contribution in [0.4, 0.5) is 5.69 Å². The Morgan fingerprint density at radius 2 is 1.70 bits per heavy atom. The fraction of sp³-hybridized carbons (Fsp3) is 0.647. The fourth-order valence-electron chi connectivity index (χ4n) is 5.37. The van der Waals surface area contributed by atoms with Crippen molar-refractivity contribution < 1.29 is 23.2 Å². The molecule has 1 unspecified atom stereocenters. The van der Waals surface area contributed by atoms with Crippen molar-refractivity contribution >= 4 is 45.0 Å². The number of ether oxygens (including phenoxy) is 2. The number of nitro benzene ring substituents is 1. The van der Waals surface area contributed by atoms with Crippen LogP contribution in [0.5, 0.6) is 0 Å². The monoisotopic (exact) mass is 704 g/mol. The molecule has 47 heavy (non-hydrogen) atoms. The molecule has 0 radical (unpaired) electrons. The van der Waals surface area contributed by atoms with E-state index in [1.807, 2.05) is 24.6 Å². The van der Waals surface area contributed by atoms with Gasteiger partial charge in [-0.3, -0.25) is 10.1 Å². The SMILES string of the molecule is CC(C)C(OCc1cn([C@H]2C[C@@H](O[Si](C)(C)C(C)(C)C)[C@@H](CO[Si](C)(C)C(C)(C)C)O2)c2ncnc(Cl)c12)c1ccccc1[N+](=O)[O-]. The highest BCUT2D eigenvalue weighted by atomic mass is 35.5. The number of halogens is 1. The first-order chi connectivity index (χ1) is 21.6. The summed E-state index contributed by atoms with van der Waals surface area (Å²) in [4.78, 5) is 20.4. The van der Waals surface area contributed by atoms with Crippen LogP contribution in [0.3, 0.4) is 0 Å². The summed E-state index contributed by atoms with van der Waals surface area (Å²) in [7, 11) is -4.18. The molecule has 13 heteroatoms. The molecule has 0 aliphatic carbocycles. The Labute approximate surface area is 286 Å². The third kappa shape index (κ3) is 8.17. The van der Waals surface area contributed by atoms with E-state index in [-0.39, 0.29) is 51.6 Å². The highest BCUT2D eigenvalue weighted by Gasteiger charge is 2.47. The second-order valence-corrected chi connectivity index (χ2v) is 26.0.